The predicted octanol–water partition coefficient (Wildman–Crippen LogP) is -5.05. The van der Waals surface area contributed by atoms with Crippen LogP contribution in [-0.2, 0) is 37.2 Å². The molecule has 0 aliphatic rings. The third-order valence-corrected chi connectivity index (χ3v) is 2.23. The summed E-state index contributed by atoms with van der Waals surface area (Å²) >= 11 is 0. The fourth-order valence-electron chi connectivity index (χ4n) is 1.25. The van der Waals surface area contributed by atoms with Gasteiger partial charge in [0.05, 0.1) is 5.97 Å². The average Bonchev–Trinajstić information content (AvgIpc) is 2.42. The Labute approximate surface area is 171 Å². The third-order valence-electron chi connectivity index (χ3n) is 2.23. The number of carbonyl (C=O) groups is 1. The van der Waals surface area contributed by atoms with Crippen molar-refractivity contribution in [2.24, 2.45) is 4.99 Å². The van der Waals surface area contributed by atoms with Crippen molar-refractivity contribution in [2.45, 2.75) is 6.10 Å². The summed E-state index contributed by atoms with van der Waals surface area (Å²) in [7, 11) is 1.47. The van der Waals surface area contributed by atoms with Crippen molar-refractivity contribution in [3.63, 3.8) is 0 Å². The largest absolute Gasteiger partial charge is 2.00 e. The molecule has 7 nitrogen and oxygen atoms in total. The minimum Gasteiger partial charge on any atom is -0.858 e. The van der Waals surface area contributed by atoms with Crippen molar-refractivity contribution in [3.8, 4) is 5.75 Å². The number of methoxy groups -OCH3 is 1. The van der Waals surface area contributed by atoms with Crippen LogP contribution < -0.4 is 44.5 Å². The van der Waals surface area contributed by atoms with Crippen molar-refractivity contribution in [2.75, 3.05) is 20.3 Å². The molecule has 0 saturated carbocycles. The van der Waals surface area contributed by atoms with Gasteiger partial charge in [-0.15, -0.1) is 0 Å². The molecule has 1 rings (SSSR count). The second kappa shape index (κ2) is 14.4. The van der Waals surface area contributed by atoms with Gasteiger partial charge in [-0.2, -0.15) is 0 Å². The van der Waals surface area contributed by atoms with E-state index in [0.717, 1.165) is 0 Å². The number of nitrogens with zero attached hydrogens (tertiary/aromatic N) is 1. The molecule has 0 saturated heterocycles. The van der Waals surface area contributed by atoms with Gasteiger partial charge in [-0.3, -0.25) is 0 Å². The van der Waals surface area contributed by atoms with Crippen LogP contribution in [0.2, 0.25) is 0 Å². The molecule has 0 amide bonds. The van der Waals surface area contributed by atoms with Gasteiger partial charge in [0.25, 0.3) is 0 Å². The van der Waals surface area contributed by atoms with Crippen LogP contribution in [0.1, 0.15) is 5.56 Å². The summed E-state index contributed by atoms with van der Waals surface area (Å²) in [4.78, 5) is 14.1. The van der Waals surface area contributed by atoms with Crippen molar-refractivity contribution in [1.29, 1.82) is 0 Å². The normalized spacial score (nSPS) is 11.3. The Kier molecular flexibility index (Phi) is 17.5. The fourth-order valence-corrected chi connectivity index (χ4v) is 1.25. The molecular weight excluding hydrogens is 490 g/mol. The Morgan fingerprint density at radius 3 is 2.50 bits per heavy atom. The number of para-hydroxylation sites is 1. The van der Waals surface area contributed by atoms with Gasteiger partial charge in [-0.1, -0.05) is 18.2 Å². The van der Waals surface area contributed by atoms with E-state index in [0.29, 0.717) is 0 Å². The number of aliphatic carboxylic acids is 1. The molecule has 1 unspecified atom stereocenters. The minimum absolute atomic E-state index is 0. The van der Waals surface area contributed by atoms with Crippen LogP contribution in [0.5, 0.6) is 5.75 Å². The van der Waals surface area contributed by atoms with E-state index in [9.17, 15) is 15.0 Å². The van der Waals surface area contributed by atoms with Gasteiger partial charge in [-0.05, 0) is 18.1 Å². The summed E-state index contributed by atoms with van der Waals surface area (Å²) in [6.45, 7) is 3.11. The first kappa shape index (κ1) is 26.7. The van der Waals surface area contributed by atoms with Crippen LogP contribution in [0.25, 0.3) is 0 Å². The first-order chi connectivity index (χ1) is 9.04. The fraction of sp³-hybridized carbons (Fsp3) is 0.308. The van der Waals surface area contributed by atoms with E-state index >= 15 is 0 Å². The second-order valence-corrected chi connectivity index (χ2v) is 3.66. The zero-order chi connectivity index (χ0) is 14.3. The van der Waals surface area contributed by atoms with E-state index in [1.54, 1.807) is 12.1 Å². The van der Waals surface area contributed by atoms with Crippen LogP contribution >= 0.6 is 0 Å². The van der Waals surface area contributed by atoms with E-state index in [1.165, 1.54) is 19.2 Å². The summed E-state index contributed by atoms with van der Waals surface area (Å²) in [5.41, 5.74) is 0.187. The van der Waals surface area contributed by atoms with Crippen LogP contribution in [0.3, 0.4) is 0 Å². The number of ether oxygens (including phenoxy) is 2. The van der Waals surface area contributed by atoms with E-state index in [2.05, 4.69) is 11.9 Å². The smallest absolute Gasteiger partial charge is 0.858 e. The maximum Gasteiger partial charge on any atom is 2.00 e. The Balaban J connectivity index is -0.00000120. The molecule has 1 aromatic rings. The first-order valence-electron chi connectivity index (χ1n) is 5.54. The standard InChI is InChI=1S/C13H16NO5.Hg.Na.H2O/c1-9(18-2)7-14-13(17)10-5-3-4-6-11(10)19-8-12(15)16;;;/h3-6,9H,1,7-8H2,2H3,(H,14,17)(H,15,16);;;1H2/q-1;+2;+1;/p-2. The molecule has 0 spiro atoms. The number of benzene rings is 1. The quantitative estimate of drug-likeness (QED) is 0.159. The summed E-state index contributed by atoms with van der Waals surface area (Å²) in [5.74, 6) is -1.73. The molecule has 0 aromatic heterocycles. The predicted molar refractivity (Wildman–Crippen MR) is 68.1 cm³/mol. The molecule has 0 bridgehead atoms. The number of carbonyl (C=O) groups excluding carboxylic acids is 1. The molecule has 9 heteroatoms. The summed E-state index contributed by atoms with van der Waals surface area (Å²) in [6.07, 6.45) is -0.416. The van der Waals surface area contributed by atoms with Gasteiger partial charge in [0.1, 0.15) is 12.4 Å². The number of carboxylic acid groups (broad SMARTS) is 1. The van der Waals surface area contributed by atoms with Gasteiger partial charge in [0.15, 0.2) is 0 Å². The summed E-state index contributed by atoms with van der Waals surface area (Å²) in [6, 6.07) is 6.25. The van der Waals surface area contributed by atoms with Gasteiger partial charge in [0, 0.05) is 19.2 Å². The van der Waals surface area contributed by atoms with Crippen LogP contribution in [0.15, 0.2) is 29.3 Å². The van der Waals surface area contributed by atoms with E-state index in [4.69, 9.17) is 9.47 Å². The van der Waals surface area contributed by atoms with E-state index in [1.807, 2.05) is 0 Å². The maximum absolute atomic E-state index is 11.8. The number of aliphatic imine (C=N–C) groups is 1. The van der Waals surface area contributed by atoms with Gasteiger partial charge >= 0.3 is 57.2 Å². The molecule has 0 aliphatic heterocycles. The molecule has 1 aromatic carbocycles. The monoisotopic (exact) mass is 507 g/mol. The number of rotatable bonds is 7. The summed E-state index contributed by atoms with van der Waals surface area (Å²) in [5, 5.41) is 22.2. The van der Waals surface area contributed by atoms with Gasteiger partial charge in [0.2, 0.25) is 0 Å². The first-order valence-corrected chi connectivity index (χ1v) is 5.54. The van der Waals surface area contributed by atoms with Gasteiger partial charge < -0.3 is 41.9 Å². The minimum atomic E-state index is -1.36. The van der Waals surface area contributed by atoms with E-state index in [-0.39, 0.29) is 80.6 Å². The molecule has 1 atom stereocenters. The summed E-state index contributed by atoms with van der Waals surface area (Å²) < 4.78 is 9.83. The Hall–Kier alpha value is -0.185. The zero-order valence-electron chi connectivity index (χ0n) is 12.7. The van der Waals surface area contributed by atoms with Crippen LogP contribution in [-0.4, -0.2) is 43.7 Å². The Morgan fingerprint density at radius 1 is 1.36 bits per heavy atom. The molecule has 22 heavy (non-hydrogen) atoms. The number of hydrogen-bond donors (Lipinski definition) is 0. The Bertz CT molecular complexity index is 472. The van der Waals surface area contributed by atoms with Crippen LogP contribution in [0, 0.1) is 6.92 Å². The number of hydrogen-bond acceptors (Lipinski definition) is 6. The Morgan fingerprint density at radius 2 is 1.95 bits per heavy atom. The van der Waals surface area contributed by atoms with Crippen molar-refractivity contribution in [3.05, 3.63) is 36.8 Å². The molecule has 0 aliphatic carbocycles. The van der Waals surface area contributed by atoms with Crippen LogP contribution in [0.4, 0.5) is 0 Å². The molecule has 2 N–H and O–H groups in total. The van der Waals surface area contributed by atoms with Crippen molar-refractivity contribution < 1.29 is 87.2 Å². The third kappa shape index (κ3) is 9.76. The van der Waals surface area contributed by atoms with E-state index < -0.39 is 24.6 Å². The van der Waals surface area contributed by atoms with Crippen molar-refractivity contribution >= 4 is 11.9 Å². The molecule has 0 heterocycles. The molecule has 0 radical (unpaired) electrons. The second-order valence-electron chi connectivity index (χ2n) is 3.66. The zero-order valence-corrected chi connectivity index (χ0v) is 20.2. The SMILES string of the molecule is O.[CH2-]C(CN=C([O-])c1ccccc1OCC(=O)[O-])OC.[Hg+2].[Na+]. The van der Waals surface area contributed by atoms with Gasteiger partial charge in [-0.25, -0.2) is 0 Å². The average molecular weight is 506 g/mol. The molecule has 0 fully saturated rings. The number of carboxylic acids is 1. The van der Waals surface area contributed by atoms with Crippen molar-refractivity contribution in [1.82, 2.24) is 0 Å². The topological polar surface area (TPSA) is 126 Å². The maximum atomic E-state index is 11.8. The molecular formula is C13H16HgNNaO6. The molecule has 112 valence electrons.